The summed E-state index contributed by atoms with van der Waals surface area (Å²) in [7, 11) is 0. The molecule has 1 N–H and O–H groups in total. The summed E-state index contributed by atoms with van der Waals surface area (Å²) < 4.78 is 0. The third-order valence-electron chi connectivity index (χ3n) is 4.80. The molecular weight excluding hydrogens is 312 g/mol. The lowest BCUT2D eigenvalue weighted by atomic mass is 9.89. The molecule has 3 rings (SSSR count). The van der Waals surface area contributed by atoms with E-state index in [-0.39, 0.29) is 5.91 Å². The normalized spacial score (nSPS) is 15.7. The van der Waals surface area contributed by atoms with Crippen molar-refractivity contribution in [2.75, 3.05) is 25.0 Å². The Kier molecular flexibility index (Phi) is 5.96. The molecule has 1 saturated heterocycles. The maximum atomic E-state index is 12.1. The van der Waals surface area contributed by atoms with Crippen LogP contribution in [0.3, 0.4) is 0 Å². The van der Waals surface area contributed by atoms with Crippen molar-refractivity contribution in [1.82, 2.24) is 4.90 Å². The number of carbonyl (C=O) groups excluding carboxylic acids is 2. The first-order chi connectivity index (χ1) is 12.2. The standard InChI is InChI=1S/C21H23N2O2/c24-16-17-6-8-20(9-7-17)22-21(25)12-15-23-13-10-19(11-14-23)18-4-2-1-3-5-18/h1-9,19H,10-15H2,(H,22,25). The van der Waals surface area contributed by atoms with Gasteiger partial charge in [-0.05, 0) is 61.7 Å². The molecule has 0 atom stereocenters. The molecule has 1 aliphatic heterocycles. The van der Waals surface area contributed by atoms with Gasteiger partial charge in [0.1, 0.15) is 0 Å². The Bertz CT molecular complexity index is 690. The van der Waals surface area contributed by atoms with Gasteiger partial charge in [0.05, 0.1) is 0 Å². The Morgan fingerprint density at radius 2 is 1.72 bits per heavy atom. The number of benzene rings is 2. The second-order valence-corrected chi connectivity index (χ2v) is 6.50. The molecule has 0 saturated carbocycles. The van der Waals surface area contributed by atoms with Gasteiger partial charge in [0.15, 0.2) is 0 Å². The van der Waals surface area contributed by atoms with Gasteiger partial charge >= 0.3 is 0 Å². The van der Waals surface area contributed by atoms with Gasteiger partial charge < -0.3 is 10.2 Å². The fraction of sp³-hybridized carbons (Fsp3) is 0.333. The zero-order valence-corrected chi connectivity index (χ0v) is 14.3. The second-order valence-electron chi connectivity index (χ2n) is 6.50. The van der Waals surface area contributed by atoms with E-state index in [4.69, 9.17) is 0 Å². The number of rotatable bonds is 6. The highest BCUT2D eigenvalue weighted by Crippen LogP contribution is 2.27. The van der Waals surface area contributed by atoms with Crippen molar-refractivity contribution in [2.24, 2.45) is 0 Å². The minimum absolute atomic E-state index is 0.00742. The van der Waals surface area contributed by atoms with Crippen molar-refractivity contribution in [1.29, 1.82) is 0 Å². The summed E-state index contributed by atoms with van der Waals surface area (Å²) in [5.74, 6) is 0.646. The first-order valence-electron chi connectivity index (χ1n) is 8.80. The summed E-state index contributed by atoms with van der Waals surface area (Å²) >= 11 is 0. The van der Waals surface area contributed by atoms with Crippen LogP contribution < -0.4 is 5.32 Å². The number of nitrogens with one attached hydrogen (secondary N) is 1. The second kappa shape index (κ2) is 8.58. The lowest BCUT2D eigenvalue weighted by Gasteiger charge is -2.32. The van der Waals surface area contributed by atoms with Crippen LogP contribution in [0.1, 0.15) is 36.3 Å². The molecule has 25 heavy (non-hydrogen) atoms. The summed E-state index contributed by atoms with van der Waals surface area (Å²) in [6.45, 7) is 2.86. The summed E-state index contributed by atoms with van der Waals surface area (Å²) in [5, 5.41) is 2.87. The van der Waals surface area contributed by atoms with Gasteiger partial charge in [-0.25, -0.2) is 0 Å². The van der Waals surface area contributed by atoms with Crippen LogP contribution in [0.25, 0.3) is 0 Å². The molecule has 2 aromatic rings. The topological polar surface area (TPSA) is 49.4 Å². The highest BCUT2D eigenvalue weighted by atomic mass is 16.1. The van der Waals surface area contributed by atoms with Crippen molar-refractivity contribution < 1.29 is 9.59 Å². The first kappa shape index (κ1) is 17.4. The molecule has 2 aromatic carbocycles. The highest BCUT2D eigenvalue weighted by molar-refractivity contribution is 5.91. The monoisotopic (exact) mass is 335 g/mol. The van der Waals surface area contributed by atoms with E-state index in [0.29, 0.717) is 23.6 Å². The number of anilines is 1. The molecule has 1 amide bonds. The maximum Gasteiger partial charge on any atom is 0.233 e. The van der Waals surface area contributed by atoms with Crippen molar-refractivity contribution in [3.05, 3.63) is 65.7 Å². The number of nitrogens with zero attached hydrogens (tertiary/aromatic N) is 1. The maximum absolute atomic E-state index is 12.1. The SMILES string of the molecule is O=[C]c1ccc(NC(=O)CCN2CCC(c3ccccc3)CC2)cc1. The molecule has 1 fully saturated rings. The summed E-state index contributed by atoms with van der Waals surface area (Å²) in [4.78, 5) is 25.0. The number of hydrogen-bond donors (Lipinski definition) is 1. The smallest absolute Gasteiger partial charge is 0.233 e. The van der Waals surface area contributed by atoms with E-state index in [0.717, 1.165) is 32.5 Å². The zero-order chi connectivity index (χ0) is 17.5. The number of likely N-dealkylation sites (tertiary alicyclic amines) is 1. The lowest BCUT2D eigenvalue weighted by Crippen LogP contribution is -2.35. The quantitative estimate of drug-likeness (QED) is 0.881. The van der Waals surface area contributed by atoms with Crippen LogP contribution in [-0.2, 0) is 9.59 Å². The van der Waals surface area contributed by atoms with E-state index < -0.39 is 0 Å². The van der Waals surface area contributed by atoms with Crippen LogP contribution in [0.2, 0.25) is 0 Å². The molecule has 129 valence electrons. The van der Waals surface area contributed by atoms with Gasteiger partial charge in [-0.3, -0.25) is 9.59 Å². The van der Waals surface area contributed by atoms with Crippen LogP contribution in [0.5, 0.6) is 0 Å². The Morgan fingerprint density at radius 3 is 2.36 bits per heavy atom. The minimum Gasteiger partial charge on any atom is -0.326 e. The molecule has 4 heteroatoms. The number of carbonyl (C=O) groups is 1. The Morgan fingerprint density at radius 1 is 1.04 bits per heavy atom. The van der Waals surface area contributed by atoms with E-state index >= 15 is 0 Å². The van der Waals surface area contributed by atoms with Crippen LogP contribution in [-0.4, -0.2) is 36.7 Å². The first-order valence-corrected chi connectivity index (χ1v) is 8.80. The van der Waals surface area contributed by atoms with Crippen LogP contribution in [0.4, 0.5) is 5.69 Å². The molecule has 0 spiro atoms. The summed E-state index contributed by atoms with van der Waals surface area (Å²) in [6.07, 6.45) is 4.60. The van der Waals surface area contributed by atoms with Crippen molar-refractivity contribution >= 4 is 17.9 Å². The van der Waals surface area contributed by atoms with Crippen LogP contribution in [0.15, 0.2) is 54.6 Å². The summed E-state index contributed by atoms with van der Waals surface area (Å²) in [5.41, 5.74) is 2.63. The molecule has 0 bridgehead atoms. The largest absolute Gasteiger partial charge is 0.326 e. The number of piperidine rings is 1. The van der Waals surface area contributed by atoms with Crippen molar-refractivity contribution in [3.63, 3.8) is 0 Å². The molecular formula is C21H23N2O2. The molecule has 1 radical (unpaired) electrons. The van der Waals surface area contributed by atoms with Gasteiger partial charge in [-0.1, -0.05) is 30.3 Å². The average molecular weight is 335 g/mol. The van der Waals surface area contributed by atoms with E-state index in [2.05, 4.69) is 40.5 Å². The molecule has 4 nitrogen and oxygen atoms in total. The van der Waals surface area contributed by atoms with Gasteiger partial charge in [-0.2, -0.15) is 0 Å². The fourth-order valence-electron chi connectivity index (χ4n) is 3.32. The highest BCUT2D eigenvalue weighted by Gasteiger charge is 2.20. The predicted molar refractivity (Wildman–Crippen MR) is 99.3 cm³/mol. The Labute approximate surface area is 148 Å². The third-order valence-corrected chi connectivity index (χ3v) is 4.80. The van der Waals surface area contributed by atoms with Gasteiger partial charge in [0.2, 0.25) is 12.2 Å². The summed E-state index contributed by atoms with van der Waals surface area (Å²) in [6, 6.07) is 17.4. The number of amides is 1. The lowest BCUT2D eigenvalue weighted by molar-refractivity contribution is -0.116. The molecule has 0 aromatic heterocycles. The Balaban J connectivity index is 1.40. The van der Waals surface area contributed by atoms with Crippen LogP contribution >= 0.6 is 0 Å². The number of hydrogen-bond acceptors (Lipinski definition) is 3. The zero-order valence-electron chi connectivity index (χ0n) is 14.3. The van der Waals surface area contributed by atoms with E-state index in [9.17, 15) is 9.59 Å². The van der Waals surface area contributed by atoms with Crippen molar-refractivity contribution in [2.45, 2.75) is 25.2 Å². The average Bonchev–Trinajstić information content (AvgIpc) is 2.68. The van der Waals surface area contributed by atoms with Crippen molar-refractivity contribution in [3.8, 4) is 0 Å². The van der Waals surface area contributed by atoms with E-state index in [1.54, 1.807) is 24.3 Å². The molecule has 1 heterocycles. The third kappa shape index (κ3) is 5.00. The van der Waals surface area contributed by atoms with Gasteiger partial charge in [-0.15, -0.1) is 0 Å². The molecule has 1 aliphatic rings. The Hall–Kier alpha value is -2.46. The minimum atomic E-state index is 0.00742. The van der Waals surface area contributed by atoms with E-state index in [1.807, 2.05) is 6.29 Å². The van der Waals surface area contributed by atoms with E-state index in [1.165, 1.54) is 5.56 Å². The fourth-order valence-corrected chi connectivity index (χ4v) is 3.32. The molecule has 0 unspecified atom stereocenters. The van der Waals surface area contributed by atoms with Gasteiger partial charge in [0.25, 0.3) is 0 Å². The van der Waals surface area contributed by atoms with Gasteiger partial charge in [0, 0.05) is 24.2 Å². The molecule has 0 aliphatic carbocycles. The predicted octanol–water partition coefficient (Wildman–Crippen LogP) is 3.35. The van der Waals surface area contributed by atoms with Crippen LogP contribution in [0, 0.1) is 0 Å².